The number of nitrogens with zero attached hydrogens (tertiary/aromatic N) is 4. The number of rotatable bonds is 4. The van der Waals surface area contributed by atoms with Crippen molar-refractivity contribution in [2.24, 2.45) is 0 Å². The lowest BCUT2D eigenvalue weighted by Crippen LogP contribution is -2.48. The minimum Gasteiger partial charge on any atom is -0.337 e. The number of piperazine rings is 1. The van der Waals surface area contributed by atoms with Gasteiger partial charge in [-0.3, -0.25) is 4.90 Å². The normalized spacial score (nSPS) is 18.9. The number of benzene rings is 1. The van der Waals surface area contributed by atoms with E-state index in [2.05, 4.69) is 15.0 Å². The molecular weight excluding hydrogens is 316 g/mol. The highest BCUT2D eigenvalue weighted by Crippen LogP contribution is 2.23. The van der Waals surface area contributed by atoms with Gasteiger partial charge in [0.2, 0.25) is 21.7 Å². The molecule has 0 saturated carbocycles. The van der Waals surface area contributed by atoms with Crippen molar-refractivity contribution < 1.29 is 12.9 Å². The minimum absolute atomic E-state index is 0.0401. The summed E-state index contributed by atoms with van der Waals surface area (Å²) in [6.07, 6.45) is 1.25. The van der Waals surface area contributed by atoms with E-state index in [0.717, 1.165) is 5.56 Å². The van der Waals surface area contributed by atoms with Gasteiger partial charge < -0.3 is 4.52 Å². The van der Waals surface area contributed by atoms with E-state index in [0.29, 0.717) is 37.9 Å². The van der Waals surface area contributed by atoms with Crippen LogP contribution in [-0.2, 0) is 10.0 Å². The van der Waals surface area contributed by atoms with Crippen molar-refractivity contribution in [3.8, 4) is 11.4 Å². The van der Waals surface area contributed by atoms with Gasteiger partial charge in [-0.2, -0.15) is 9.29 Å². The Bertz CT molecular complexity index is 752. The first-order chi connectivity index (χ1) is 10.9. The van der Waals surface area contributed by atoms with Gasteiger partial charge in [0.25, 0.3) is 0 Å². The summed E-state index contributed by atoms with van der Waals surface area (Å²) in [6.45, 7) is 4.28. The van der Waals surface area contributed by atoms with Crippen LogP contribution in [0.15, 0.2) is 34.9 Å². The lowest BCUT2D eigenvalue weighted by atomic mass is 10.2. The molecule has 8 heteroatoms. The Kier molecular flexibility index (Phi) is 4.47. The van der Waals surface area contributed by atoms with Gasteiger partial charge in [0, 0.05) is 31.7 Å². The molecule has 1 atom stereocenters. The largest absolute Gasteiger partial charge is 0.337 e. The third-order valence-corrected chi connectivity index (χ3v) is 5.42. The van der Waals surface area contributed by atoms with Crippen molar-refractivity contribution in [1.29, 1.82) is 0 Å². The Hall–Kier alpha value is -1.77. The van der Waals surface area contributed by atoms with Gasteiger partial charge in [-0.15, -0.1) is 0 Å². The van der Waals surface area contributed by atoms with Crippen molar-refractivity contribution >= 4 is 10.0 Å². The molecule has 1 aromatic carbocycles. The van der Waals surface area contributed by atoms with Crippen molar-refractivity contribution in [2.75, 3.05) is 32.4 Å². The fourth-order valence-corrected chi connectivity index (χ4v) is 3.51. The predicted molar refractivity (Wildman–Crippen MR) is 86.1 cm³/mol. The maximum atomic E-state index is 11.6. The van der Waals surface area contributed by atoms with Crippen LogP contribution in [0.5, 0.6) is 0 Å². The quantitative estimate of drug-likeness (QED) is 0.839. The van der Waals surface area contributed by atoms with Crippen LogP contribution in [0, 0.1) is 0 Å². The van der Waals surface area contributed by atoms with Crippen LogP contribution in [0.1, 0.15) is 18.9 Å². The summed E-state index contributed by atoms with van der Waals surface area (Å²) in [5.74, 6) is 1.12. The molecule has 1 fully saturated rings. The molecule has 0 radical (unpaired) electrons. The van der Waals surface area contributed by atoms with Crippen LogP contribution in [0.2, 0.25) is 0 Å². The second-order valence-electron chi connectivity index (χ2n) is 5.70. The summed E-state index contributed by atoms with van der Waals surface area (Å²) in [7, 11) is -3.12. The molecule has 0 amide bonds. The minimum atomic E-state index is -3.12. The van der Waals surface area contributed by atoms with Crippen LogP contribution in [0.4, 0.5) is 0 Å². The summed E-state index contributed by atoms with van der Waals surface area (Å²) in [4.78, 5) is 6.63. The molecule has 2 aromatic rings. The Morgan fingerprint density at radius 1 is 1.13 bits per heavy atom. The molecule has 1 aromatic heterocycles. The summed E-state index contributed by atoms with van der Waals surface area (Å²) in [5.41, 5.74) is 0.914. The van der Waals surface area contributed by atoms with E-state index in [1.54, 1.807) is 0 Å². The molecular formula is C15H20N4O3S. The van der Waals surface area contributed by atoms with Crippen molar-refractivity contribution in [2.45, 2.75) is 13.0 Å². The highest BCUT2D eigenvalue weighted by atomic mass is 32.2. The molecule has 0 bridgehead atoms. The van der Waals surface area contributed by atoms with Crippen LogP contribution < -0.4 is 0 Å². The Labute approximate surface area is 136 Å². The number of aromatic nitrogens is 2. The van der Waals surface area contributed by atoms with E-state index in [4.69, 9.17) is 4.52 Å². The Morgan fingerprint density at radius 2 is 1.78 bits per heavy atom. The highest BCUT2D eigenvalue weighted by molar-refractivity contribution is 7.88. The third-order valence-electron chi connectivity index (χ3n) is 4.12. The smallest absolute Gasteiger partial charge is 0.244 e. The van der Waals surface area contributed by atoms with E-state index < -0.39 is 10.0 Å². The molecule has 0 aliphatic carbocycles. The summed E-state index contributed by atoms with van der Waals surface area (Å²) in [5, 5.41) is 4.04. The summed E-state index contributed by atoms with van der Waals surface area (Å²) in [6, 6.07) is 9.63. The summed E-state index contributed by atoms with van der Waals surface area (Å²) < 4.78 is 30.0. The molecule has 2 heterocycles. The zero-order valence-corrected chi connectivity index (χ0v) is 14.0. The van der Waals surface area contributed by atoms with E-state index >= 15 is 0 Å². The standard InChI is InChI=1S/C15H20N4O3S/c1-12(18-8-10-19(11-9-18)23(2,20)21)15-16-14(17-22-15)13-6-4-3-5-7-13/h3-7,12H,8-11H2,1-2H3. The van der Waals surface area contributed by atoms with E-state index in [1.165, 1.54) is 10.6 Å². The fraction of sp³-hybridized carbons (Fsp3) is 0.467. The van der Waals surface area contributed by atoms with E-state index in [1.807, 2.05) is 37.3 Å². The second kappa shape index (κ2) is 6.38. The molecule has 0 spiro atoms. The SMILES string of the molecule is CC(c1nc(-c2ccccc2)no1)N1CCN(S(C)(=O)=O)CC1. The van der Waals surface area contributed by atoms with Crippen LogP contribution in [-0.4, -0.2) is 60.2 Å². The topological polar surface area (TPSA) is 79.5 Å². The molecule has 23 heavy (non-hydrogen) atoms. The van der Waals surface area contributed by atoms with Gasteiger partial charge in [0.05, 0.1) is 12.3 Å². The monoisotopic (exact) mass is 336 g/mol. The molecule has 0 N–H and O–H groups in total. The number of hydrogen-bond acceptors (Lipinski definition) is 6. The first-order valence-electron chi connectivity index (χ1n) is 7.53. The molecule has 1 unspecified atom stereocenters. The number of hydrogen-bond donors (Lipinski definition) is 0. The maximum Gasteiger partial charge on any atom is 0.244 e. The Balaban J connectivity index is 1.68. The molecule has 124 valence electrons. The fourth-order valence-electron chi connectivity index (χ4n) is 2.69. The van der Waals surface area contributed by atoms with Crippen molar-refractivity contribution in [1.82, 2.24) is 19.3 Å². The zero-order chi connectivity index (χ0) is 16.4. The average Bonchev–Trinajstić information content (AvgIpc) is 3.04. The molecule has 1 aliphatic heterocycles. The van der Waals surface area contributed by atoms with Gasteiger partial charge in [0.1, 0.15) is 0 Å². The lowest BCUT2D eigenvalue weighted by Gasteiger charge is -2.35. The number of sulfonamides is 1. The molecule has 1 aliphatic rings. The second-order valence-corrected chi connectivity index (χ2v) is 7.68. The average molecular weight is 336 g/mol. The zero-order valence-electron chi connectivity index (χ0n) is 13.2. The van der Waals surface area contributed by atoms with Gasteiger partial charge in [-0.25, -0.2) is 8.42 Å². The first-order valence-corrected chi connectivity index (χ1v) is 9.38. The van der Waals surface area contributed by atoms with Crippen LogP contribution in [0.3, 0.4) is 0 Å². The molecule has 3 rings (SSSR count). The predicted octanol–water partition coefficient (Wildman–Crippen LogP) is 1.37. The Morgan fingerprint density at radius 3 is 2.39 bits per heavy atom. The lowest BCUT2D eigenvalue weighted by molar-refractivity contribution is 0.124. The molecule has 7 nitrogen and oxygen atoms in total. The van der Waals surface area contributed by atoms with Crippen molar-refractivity contribution in [3.63, 3.8) is 0 Å². The third kappa shape index (κ3) is 3.60. The van der Waals surface area contributed by atoms with Gasteiger partial charge in [0.15, 0.2) is 0 Å². The van der Waals surface area contributed by atoms with E-state index in [9.17, 15) is 8.42 Å². The van der Waals surface area contributed by atoms with Crippen LogP contribution in [0.25, 0.3) is 11.4 Å². The highest BCUT2D eigenvalue weighted by Gasteiger charge is 2.28. The molecule has 1 saturated heterocycles. The van der Waals surface area contributed by atoms with E-state index in [-0.39, 0.29) is 6.04 Å². The summed E-state index contributed by atoms with van der Waals surface area (Å²) >= 11 is 0. The van der Waals surface area contributed by atoms with Gasteiger partial charge in [-0.05, 0) is 6.92 Å². The van der Waals surface area contributed by atoms with Crippen molar-refractivity contribution in [3.05, 3.63) is 36.2 Å². The maximum absolute atomic E-state index is 11.6. The van der Waals surface area contributed by atoms with Gasteiger partial charge in [-0.1, -0.05) is 35.5 Å². The van der Waals surface area contributed by atoms with Crippen LogP contribution >= 0.6 is 0 Å². The van der Waals surface area contributed by atoms with Gasteiger partial charge >= 0.3 is 0 Å². The first kappa shape index (κ1) is 16.1.